The van der Waals surface area contributed by atoms with Gasteiger partial charge in [0.25, 0.3) is 0 Å². The first-order valence-electron chi connectivity index (χ1n) is 8.26. The van der Waals surface area contributed by atoms with Crippen LogP contribution in [0.25, 0.3) is 0 Å². The van der Waals surface area contributed by atoms with Gasteiger partial charge < -0.3 is 10.4 Å². The average molecular weight is 311 g/mol. The van der Waals surface area contributed by atoms with E-state index < -0.39 is 5.60 Å². The monoisotopic (exact) mass is 311 g/mol. The molecule has 0 saturated heterocycles. The van der Waals surface area contributed by atoms with E-state index in [-0.39, 0.29) is 11.3 Å². The summed E-state index contributed by atoms with van der Waals surface area (Å²) in [5, 5.41) is 13.3. The largest absolute Gasteiger partial charge is 0.387 e. The van der Waals surface area contributed by atoms with E-state index in [4.69, 9.17) is 0 Å². The lowest BCUT2D eigenvalue weighted by molar-refractivity contribution is -0.156. The van der Waals surface area contributed by atoms with E-state index in [1.165, 1.54) is 19.3 Å². The number of nitrogens with one attached hydrogen (secondary N) is 1. The first-order valence-corrected chi connectivity index (χ1v) is 9.65. The second kappa shape index (κ2) is 5.16. The molecule has 4 aliphatic rings. The fraction of sp³-hybridized carbons (Fsp3) is 0.941. The Hall–Kier alpha value is -0.220. The first kappa shape index (κ1) is 15.7. The van der Waals surface area contributed by atoms with Crippen LogP contribution in [-0.4, -0.2) is 35.2 Å². The normalized spacial score (nSPS) is 43.6. The summed E-state index contributed by atoms with van der Waals surface area (Å²) < 4.78 is 0. The summed E-state index contributed by atoms with van der Waals surface area (Å²) in [6, 6.07) is 0. The highest BCUT2D eigenvalue weighted by atomic mass is 32.2. The molecule has 120 valence electrons. The molecule has 3 nitrogen and oxygen atoms in total. The number of hydrogen-bond acceptors (Lipinski definition) is 3. The Balaban J connectivity index is 1.67. The Kier molecular flexibility index (Phi) is 3.85. The van der Waals surface area contributed by atoms with Gasteiger partial charge in [0, 0.05) is 12.3 Å². The van der Waals surface area contributed by atoms with Gasteiger partial charge in [0.05, 0.1) is 11.0 Å². The van der Waals surface area contributed by atoms with Crippen LogP contribution in [0.15, 0.2) is 0 Å². The number of hydrogen-bond donors (Lipinski definition) is 2. The van der Waals surface area contributed by atoms with Crippen molar-refractivity contribution < 1.29 is 9.90 Å². The maximum Gasteiger partial charge on any atom is 0.226 e. The molecule has 4 heteroatoms. The molecule has 4 bridgehead atoms. The average Bonchev–Trinajstić information content (AvgIpc) is 2.32. The van der Waals surface area contributed by atoms with E-state index in [9.17, 15) is 9.90 Å². The van der Waals surface area contributed by atoms with Crippen molar-refractivity contribution in [2.24, 2.45) is 22.7 Å². The minimum absolute atomic E-state index is 0.131. The summed E-state index contributed by atoms with van der Waals surface area (Å²) in [5.41, 5.74) is -0.543. The third kappa shape index (κ3) is 2.98. The lowest BCUT2D eigenvalue weighted by Gasteiger charge is -2.60. The van der Waals surface area contributed by atoms with Crippen molar-refractivity contribution in [1.29, 1.82) is 0 Å². The molecule has 0 aromatic rings. The second-order valence-corrected chi connectivity index (χ2v) is 9.53. The van der Waals surface area contributed by atoms with Crippen molar-refractivity contribution >= 4 is 17.7 Å². The molecule has 3 unspecified atom stereocenters. The number of thioether (sulfide) groups is 1. The summed E-state index contributed by atoms with van der Waals surface area (Å²) in [5.74, 6) is 2.38. The minimum atomic E-state index is -0.804. The molecular formula is C17H29NO2S. The van der Waals surface area contributed by atoms with E-state index in [0.29, 0.717) is 17.7 Å². The van der Waals surface area contributed by atoms with Crippen molar-refractivity contribution in [3.05, 3.63) is 0 Å². The second-order valence-electron chi connectivity index (χ2n) is 8.66. The highest BCUT2D eigenvalue weighted by Gasteiger charge is 2.58. The van der Waals surface area contributed by atoms with Crippen LogP contribution >= 0.6 is 11.8 Å². The minimum Gasteiger partial charge on any atom is -0.387 e. The summed E-state index contributed by atoms with van der Waals surface area (Å²) in [7, 11) is 0. The topological polar surface area (TPSA) is 49.3 Å². The highest BCUT2D eigenvalue weighted by molar-refractivity contribution is 7.98. The lowest BCUT2D eigenvalue weighted by Crippen LogP contribution is -2.58. The van der Waals surface area contributed by atoms with Crippen LogP contribution in [0.3, 0.4) is 0 Å². The van der Waals surface area contributed by atoms with Crippen LogP contribution in [-0.2, 0) is 4.79 Å². The van der Waals surface area contributed by atoms with Crippen LogP contribution < -0.4 is 5.32 Å². The van der Waals surface area contributed by atoms with E-state index in [0.717, 1.165) is 31.1 Å². The van der Waals surface area contributed by atoms with Gasteiger partial charge in [0.1, 0.15) is 0 Å². The van der Waals surface area contributed by atoms with Crippen molar-refractivity contribution in [2.75, 3.05) is 18.6 Å². The molecule has 4 rings (SSSR count). The van der Waals surface area contributed by atoms with Gasteiger partial charge in [-0.25, -0.2) is 0 Å². The molecular weight excluding hydrogens is 282 g/mol. The summed E-state index contributed by atoms with van der Waals surface area (Å²) in [6.07, 6.45) is 9.19. The molecule has 2 N–H and O–H groups in total. The van der Waals surface area contributed by atoms with E-state index in [2.05, 4.69) is 12.2 Å². The summed E-state index contributed by atoms with van der Waals surface area (Å²) in [4.78, 5) is 12.9. The molecule has 0 aliphatic heterocycles. The van der Waals surface area contributed by atoms with Crippen LogP contribution in [0.1, 0.15) is 52.4 Å². The number of rotatable bonds is 5. The number of aliphatic hydroxyl groups is 1. The molecule has 4 aliphatic carbocycles. The van der Waals surface area contributed by atoms with Gasteiger partial charge in [-0.15, -0.1) is 0 Å². The fourth-order valence-electron chi connectivity index (χ4n) is 5.81. The molecule has 21 heavy (non-hydrogen) atoms. The van der Waals surface area contributed by atoms with Gasteiger partial charge in [-0.3, -0.25) is 4.79 Å². The first-order chi connectivity index (χ1) is 9.76. The maximum atomic E-state index is 12.9. The van der Waals surface area contributed by atoms with Gasteiger partial charge in [0.2, 0.25) is 5.91 Å². The van der Waals surface area contributed by atoms with E-state index in [1.54, 1.807) is 11.8 Å². The molecule has 0 heterocycles. The van der Waals surface area contributed by atoms with Crippen molar-refractivity contribution in [3.63, 3.8) is 0 Å². The predicted molar refractivity (Wildman–Crippen MR) is 87.2 cm³/mol. The molecule has 0 aromatic carbocycles. The van der Waals surface area contributed by atoms with Gasteiger partial charge in [-0.05, 0) is 69.0 Å². The number of carbonyl (C=O) groups is 1. The number of amides is 1. The van der Waals surface area contributed by atoms with Crippen LogP contribution in [0, 0.1) is 22.7 Å². The zero-order chi connectivity index (χ0) is 15.3. The van der Waals surface area contributed by atoms with Gasteiger partial charge in [-0.2, -0.15) is 11.8 Å². The number of carbonyl (C=O) groups excluding carboxylic acids is 1. The standard InChI is InChI=1S/C17H29NO2S/c1-15-5-12-4-13(6-15)8-17(7-12,9-15)14(19)18-10-16(2,20)11-21-3/h12-13,20H,4-11H2,1-3H3,(H,18,19). The zero-order valence-corrected chi connectivity index (χ0v) is 14.4. The van der Waals surface area contributed by atoms with Gasteiger partial charge in [-0.1, -0.05) is 6.92 Å². The summed E-state index contributed by atoms with van der Waals surface area (Å²) >= 11 is 1.62. The summed E-state index contributed by atoms with van der Waals surface area (Å²) in [6.45, 7) is 4.57. The maximum absolute atomic E-state index is 12.9. The molecule has 0 spiro atoms. The molecule has 0 radical (unpaired) electrons. The van der Waals surface area contributed by atoms with Crippen molar-refractivity contribution in [1.82, 2.24) is 5.32 Å². The highest BCUT2D eigenvalue weighted by Crippen LogP contribution is 2.65. The molecule has 1 amide bonds. The van der Waals surface area contributed by atoms with Gasteiger partial charge in [0.15, 0.2) is 0 Å². The van der Waals surface area contributed by atoms with Gasteiger partial charge >= 0.3 is 0 Å². The Morgan fingerprint density at radius 2 is 1.95 bits per heavy atom. The van der Waals surface area contributed by atoms with Crippen LogP contribution in [0.4, 0.5) is 0 Å². The quantitative estimate of drug-likeness (QED) is 0.821. The smallest absolute Gasteiger partial charge is 0.226 e. The Labute approximate surface area is 132 Å². The molecule has 3 atom stereocenters. The van der Waals surface area contributed by atoms with E-state index in [1.807, 2.05) is 13.2 Å². The molecule has 0 aromatic heterocycles. The zero-order valence-electron chi connectivity index (χ0n) is 13.6. The lowest BCUT2D eigenvalue weighted by atomic mass is 9.44. The molecule has 4 fully saturated rings. The van der Waals surface area contributed by atoms with Crippen molar-refractivity contribution in [2.45, 2.75) is 58.0 Å². The third-order valence-electron chi connectivity index (χ3n) is 5.92. The Morgan fingerprint density at radius 1 is 1.33 bits per heavy atom. The van der Waals surface area contributed by atoms with Crippen LogP contribution in [0.5, 0.6) is 0 Å². The Morgan fingerprint density at radius 3 is 2.48 bits per heavy atom. The molecule has 4 saturated carbocycles. The van der Waals surface area contributed by atoms with Crippen LogP contribution in [0.2, 0.25) is 0 Å². The van der Waals surface area contributed by atoms with Crippen molar-refractivity contribution in [3.8, 4) is 0 Å². The SMILES string of the molecule is CSCC(C)(O)CNC(=O)C12CC3CC(CC(C)(C3)C1)C2. The fourth-order valence-corrected chi connectivity index (χ4v) is 6.53. The Bertz CT molecular complexity index is 421. The van der Waals surface area contributed by atoms with E-state index >= 15 is 0 Å². The predicted octanol–water partition coefficient (Wildman–Crippen LogP) is 2.82. The third-order valence-corrected chi connectivity index (χ3v) is 6.83.